The lowest BCUT2D eigenvalue weighted by atomic mass is 9.78. The van der Waals surface area contributed by atoms with E-state index >= 15 is 0 Å². The summed E-state index contributed by atoms with van der Waals surface area (Å²) in [5.74, 6) is 0.794. The number of piperazine rings is 1. The van der Waals surface area contributed by atoms with Gasteiger partial charge in [-0.1, -0.05) is 48.0 Å². The van der Waals surface area contributed by atoms with E-state index in [9.17, 15) is 13.2 Å². The number of amides is 1. The largest absolute Gasteiger partial charge is 0.493 e. The van der Waals surface area contributed by atoms with Crippen LogP contribution in [0.15, 0.2) is 54.6 Å². The summed E-state index contributed by atoms with van der Waals surface area (Å²) in [6.45, 7) is 6.18. The molecular weight excluding hydrogens is 462 g/mol. The van der Waals surface area contributed by atoms with Gasteiger partial charge in [-0.25, -0.2) is 12.7 Å². The summed E-state index contributed by atoms with van der Waals surface area (Å²) in [5.41, 5.74) is 1.27. The van der Waals surface area contributed by atoms with Crippen LogP contribution >= 0.6 is 0 Å². The smallest absolute Gasteiger partial charge is 0.223 e. The Morgan fingerprint density at radius 1 is 1.00 bits per heavy atom. The molecule has 0 aliphatic carbocycles. The van der Waals surface area contributed by atoms with Gasteiger partial charge in [0.15, 0.2) is 0 Å². The topological polar surface area (TPSA) is 70.2 Å². The first-order valence-corrected chi connectivity index (χ1v) is 14.0. The second kappa shape index (κ2) is 11.1. The summed E-state index contributed by atoms with van der Waals surface area (Å²) in [6, 6.07) is 17.2. The van der Waals surface area contributed by atoms with Crippen molar-refractivity contribution in [3.63, 3.8) is 0 Å². The molecule has 35 heavy (non-hydrogen) atoms. The lowest BCUT2D eigenvalue weighted by Gasteiger charge is -2.43. The molecule has 8 heteroatoms. The maximum absolute atomic E-state index is 13.4. The summed E-state index contributed by atoms with van der Waals surface area (Å²) in [5, 5.41) is 0. The van der Waals surface area contributed by atoms with Crippen LogP contribution in [0.3, 0.4) is 0 Å². The van der Waals surface area contributed by atoms with E-state index < -0.39 is 15.4 Å². The lowest BCUT2D eigenvalue weighted by Crippen LogP contribution is -2.53. The highest BCUT2D eigenvalue weighted by atomic mass is 32.2. The first-order valence-electron chi connectivity index (χ1n) is 12.4. The Labute approximate surface area is 209 Å². The van der Waals surface area contributed by atoms with Crippen LogP contribution in [-0.4, -0.2) is 81.4 Å². The molecule has 2 fully saturated rings. The quantitative estimate of drug-likeness (QED) is 0.558. The van der Waals surface area contributed by atoms with Crippen LogP contribution < -0.4 is 4.74 Å². The Morgan fingerprint density at radius 2 is 1.74 bits per heavy atom. The molecule has 0 unspecified atom stereocenters. The second-order valence-corrected chi connectivity index (χ2v) is 12.1. The number of hydrogen-bond acceptors (Lipinski definition) is 5. The van der Waals surface area contributed by atoms with E-state index in [1.165, 1.54) is 0 Å². The van der Waals surface area contributed by atoms with Crippen LogP contribution in [0, 0.1) is 12.3 Å². The third-order valence-corrected chi connectivity index (χ3v) is 8.92. The number of sulfonamides is 1. The summed E-state index contributed by atoms with van der Waals surface area (Å²) in [4.78, 5) is 17.5. The zero-order valence-corrected chi connectivity index (χ0v) is 21.7. The number of piperidine rings is 1. The zero-order valence-electron chi connectivity index (χ0n) is 20.9. The number of benzene rings is 2. The van der Waals surface area contributed by atoms with E-state index in [2.05, 4.69) is 11.9 Å². The maximum Gasteiger partial charge on any atom is 0.223 e. The van der Waals surface area contributed by atoms with Crippen LogP contribution in [0.25, 0.3) is 0 Å². The number of likely N-dealkylation sites (N-methyl/N-ethyl adjacent to an activating group) is 1. The van der Waals surface area contributed by atoms with E-state index in [4.69, 9.17) is 4.74 Å². The Kier molecular flexibility index (Phi) is 8.14. The Balaban J connectivity index is 1.52. The number of carbonyl (C=O) groups is 1. The van der Waals surface area contributed by atoms with E-state index in [1.54, 1.807) is 4.31 Å². The van der Waals surface area contributed by atoms with Gasteiger partial charge in [0.05, 0.1) is 12.4 Å². The summed E-state index contributed by atoms with van der Waals surface area (Å²) in [7, 11) is -1.46. The number of carbonyl (C=O) groups excluding carboxylic acids is 1. The molecule has 0 radical (unpaired) electrons. The van der Waals surface area contributed by atoms with E-state index in [0.717, 1.165) is 36.4 Å². The van der Waals surface area contributed by atoms with Crippen molar-refractivity contribution in [3.8, 4) is 5.75 Å². The minimum absolute atomic E-state index is 0.0310. The van der Waals surface area contributed by atoms with Crippen LogP contribution in [0.5, 0.6) is 5.75 Å². The van der Waals surface area contributed by atoms with Gasteiger partial charge in [0.1, 0.15) is 5.75 Å². The average Bonchev–Trinajstić information content (AvgIpc) is 2.84. The van der Waals surface area contributed by atoms with E-state index in [1.807, 2.05) is 66.4 Å². The summed E-state index contributed by atoms with van der Waals surface area (Å²) >= 11 is 0. The maximum atomic E-state index is 13.4. The van der Waals surface area contributed by atoms with E-state index in [-0.39, 0.29) is 11.7 Å². The highest BCUT2D eigenvalue weighted by Crippen LogP contribution is 2.37. The normalized spacial score (nSPS) is 22.2. The molecule has 2 saturated heterocycles. The fraction of sp³-hybridized carbons (Fsp3) is 0.519. The van der Waals surface area contributed by atoms with Crippen molar-refractivity contribution < 1.29 is 17.9 Å². The molecule has 0 spiro atoms. The van der Waals surface area contributed by atoms with Crippen molar-refractivity contribution in [2.24, 2.45) is 5.41 Å². The van der Waals surface area contributed by atoms with Crippen LogP contribution in [0.2, 0.25) is 0 Å². The zero-order chi connectivity index (χ0) is 24.9. The third kappa shape index (κ3) is 6.84. The Bertz CT molecular complexity index is 1100. The Hall–Kier alpha value is -2.42. The molecule has 1 amide bonds. The van der Waals surface area contributed by atoms with Crippen LogP contribution in [-0.2, 0) is 20.6 Å². The van der Waals surface area contributed by atoms with Gasteiger partial charge in [-0.2, -0.15) is 0 Å². The molecule has 0 saturated carbocycles. The number of ether oxygens (including phenoxy) is 1. The number of para-hydroxylation sites is 1. The van der Waals surface area contributed by atoms with Gasteiger partial charge in [-0.15, -0.1) is 0 Å². The third-order valence-electron chi connectivity index (χ3n) is 7.12. The van der Waals surface area contributed by atoms with Crippen molar-refractivity contribution in [3.05, 3.63) is 65.7 Å². The van der Waals surface area contributed by atoms with Gasteiger partial charge in [-0.3, -0.25) is 4.79 Å². The van der Waals surface area contributed by atoms with Crippen LogP contribution in [0.4, 0.5) is 0 Å². The number of nitrogens with zero attached hydrogens (tertiary/aromatic N) is 3. The van der Waals surface area contributed by atoms with Crippen LogP contribution in [0.1, 0.15) is 30.4 Å². The van der Waals surface area contributed by atoms with Crippen molar-refractivity contribution >= 4 is 15.9 Å². The summed E-state index contributed by atoms with van der Waals surface area (Å²) < 4.78 is 34.6. The lowest BCUT2D eigenvalue weighted by molar-refractivity contribution is -0.136. The average molecular weight is 500 g/mol. The molecule has 2 aromatic rings. The van der Waals surface area contributed by atoms with Crippen molar-refractivity contribution in [2.75, 3.05) is 52.9 Å². The van der Waals surface area contributed by atoms with Gasteiger partial charge in [0.2, 0.25) is 15.9 Å². The second-order valence-electron chi connectivity index (χ2n) is 10.1. The molecular formula is C27H37N3O4S. The minimum atomic E-state index is -3.53. The van der Waals surface area contributed by atoms with Gasteiger partial charge in [0.25, 0.3) is 0 Å². The minimum Gasteiger partial charge on any atom is -0.493 e. The Morgan fingerprint density at radius 3 is 2.46 bits per heavy atom. The van der Waals surface area contributed by atoms with Gasteiger partial charge < -0.3 is 14.5 Å². The van der Waals surface area contributed by atoms with Gasteiger partial charge in [-0.05, 0) is 44.5 Å². The van der Waals surface area contributed by atoms with Crippen molar-refractivity contribution in [2.45, 2.75) is 31.9 Å². The highest BCUT2D eigenvalue weighted by molar-refractivity contribution is 7.88. The molecule has 4 rings (SSSR count). The standard InChI is InChI=1S/C27H37N3O4S/c1-23-8-6-9-24(18-23)20-35(32,33)30-13-7-12-27(21-30,22-34-25-10-4-3-5-11-25)19-26(31)29-16-14-28(2)15-17-29/h3-6,8-11,18H,7,12-17,19-22H2,1-2H3/t27-/m1/s1. The number of hydrogen-bond donors (Lipinski definition) is 0. The summed E-state index contributed by atoms with van der Waals surface area (Å²) in [6.07, 6.45) is 1.76. The molecule has 190 valence electrons. The molecule has 2 aliphatic heterocycles. The predicted molar refractivity (Wildman–Crippen MR) is 138 cm³/mol. The molecule has 7 nitrogen and oxygen atoms in total. The highest BCUT2D eigenvalue weighted by Gasteiger charge is 2.43. The molecule has 2 heterocycles. The van der Waals surface area contributed by atoms with Gasteiger partial charge >= 0.3 is 0 Å². The first-order chi connectivity index (χ1) is 16.7. The first kappa shape index (κ1) is 25.7. The molecule has 2 aliphatic rings. The van der Waals surface area contributed by atoms with Crippen molar-refractivity contribution in [1.82, 2.24) is 14.1 Å². The molecule has 1 atom stereocenters. The fourth-order valence-corrected chi connectivity index (χ4v) is 6.72. The fourth-order valence-electron chi connectivity index (χ4n) is 5.06. The molecule has 0 aromatic heterocycles. The van der Waals surface area contributed by atoms with E-state index in [0.29, 0.717) is 45.6 Å². The molecule has 2 aromatic carbocycles. The molecule has 0 bridgehead atoms. The number of aryl methyl sites for hydroxylation is 1. The van der Waals surface area contributed by atoms with Crippen molar-refractivity contribution in [1.29, 1.82) is 0 Å². The molecule has 0 N–H and O–H groups in total. The van der Waals surface area contributed by atoms with Gasteiger partial charge in [0, 0.05) is 51.1 Å². The SMILES string of the molecule is Cc1cccc(CS(=O)(=O)N2CCC[C@@](COc3ccccc3)(CC(=O)N3CCN(C)CC3)C2)c1. The number of rotatable bonds is 8. The predicted octanol–water partition coefficient (Wildman–Crippen LogP) is 3.15. The monoisotopic (exact) mass is 499 g/mol.